The lowest BCUT2D eigenvalue weighted by Crippen LogP contribution is -2.17. The van der Waals surface area contributed by atoms with Gasteiger partial charge in [-0.15, -0.1) is 11.3 Å². The Bertz CT molecular complexity index is 793. The van der Waals surface area contributed by atoms with Gasteiger partial charge < -0.3 is 15.5 Å². The van der Waals surface area contributed by atoms with Gasteiger partial charge in [-0.3, -0.25) is 0 Å². The lowest BCUT2D eigenvalue weighted by Gasteiger charge is -2.07. The second-order valence-corrected chi connectivity index (χ2v) is 6.89. The van der Waals surface area contributed by atoms with Crippen molar-refractivity contribution in [1.29, 1.82) is 0 Å². The summed E-state index contributed by atoms with van der Waals surface area (Å²) in [6.07, 6.45) is 3.36. The number of hydrogen-bond donors (Lipinski definition) is 2. The van der Waals surface area contributed by atoms with Crippen LogP contribution in [0.15, 0.2) is 22.8 Å². The summed E-state index contributed by atoms with van der Waals surface area (Å²) in [7, 11) is 0. The molecular formula is C17H22N4OS. The molecule has 0 saturated heterocycles. The highest BCUT2D eigenvalue weighted by molar-refractivity contribution is 7.19. The van der Waals surface area contributed by atoms with Gasteiger partial charge in [-0.25, -0.2) is 9.97 Å². The van der Waals surface area contributed by atoms with Gasteiger partial charge >= 0.3 is 0 Å². The zero-order chi connectivity index (χ0) is 16.4. The quantitative estimate of drug-likeness (QED) is 0.721. The molecule has 0 spiro atoms. The van der Waals surface area contributed by atoms with Crippen molar-refractivity contribution in [3.05, 3.63) is 40.4 Å². The molecule has 1 atom stereocenters. The first-order chi connectivity index (χ1) is 11.1. The van der Waals surface area contributed by atoms with Crippen molar-refractivity contribution in [2.75, 3.05) is 5.32 Å². The smallest absolute Gasteiger partial charge is 0.148 e. The number of nitrogens with two attached hydrogens (primary N) is 1. The van der Waals surface area contributed by atoms with Crippen molar-refractivity contribution >= 4 is 27.4 Å². The topological polar surface area (TPSA) is 77.0 Å². The Morgan fingerprint density at radius 2 is 2.22 bits per heavy atom. The summed E-state index contributed by atoms with van der Waals surface area (Å²) >= 11 is 1.74. The summed E-state index contributed by atoms with van der Waals surface area (Å²) in [6, 6.07) is 3.98. The summed E-state index contributed by atoms with van der Waals surface area (Å²) in [6.45, 7) is 6.84. The Balaban J connectivity index is 2.00. The molecule has 0 fully saturated rings. The highest BCUT2D eigenvalue weighted by atomic mass is 32.1. The largest absolute Gasteiger partial charge is 0.467 e. The molecule has 0 aliphatic carbocycles. The van der Waals surface area contributed by atoms with Crippen LogP contribution in [0.5, 0.6) is 0 Å². The van der Waals surface area contributed by atoms with Crippen LogP contribution in [0.2, 0.25) is 0 Å². The first kappa shape index (κ1) is 16.0. The minimum Gasteiger partial charge on any atom is -0.467 e. The third kappa shape index (κ3) is 3.38. The van der Waals surface area contributed by atoms with Crippen LogP contribution in [0.1, 0.15) is 35.9 Å². The van der Waals surface area contributed by atoms with Crippen molar-refractivity contribution in [3.8, 4) is 0 Å². The number of rotatable bonds is 6. The second kappa shape index (κ2) is 6.68. The SMILES string of the molecule is CCc1nc(NCc2ccco2)c2sc(CC(C)N)c(C)c2n1. The monoisotopic (exact) mass is 330 g/mol. The van der Waals surface area contributed by atoms with Crippen molar-refractivity contribution in [2.24, 2.45) is 5.73 Å². The van der Waals surface area contributed by atoms with E-state index in [4.69, 9.17) is 15.1 Å². The summed E-state index contributed by atoms with van der Waals surface area (Å²) in [5.74, 6) is 2.62. The first-order valence-electron chi connectivity index (χ1n) is 7.89. The van der Waals surface area contributed by atoms with Crippen LogP contribution >= 0.6 is 11.3 Å². The second-order valence-electron chi connectivity index (χ2n) is 5.78. The molecule has 3 aromatic rings. The number of anilines is 1. The average Bonchev–Trinajstić information content (AvgIpc) is 3.14. The normalized spacial score (nSPS) is 12.7. The molecule has 5 nitrogen and oxygen atoms in total. The maximum absolute atomic E-state index is 5.97. The van der Waals surface area contributed by atoms with E-state index in [1.54, 1.807) is 17.6 Å². The van der Waals surface area contributed by atoms with Crippen LogP contribution in [0, 0.1) is 6.92 Å². The molecule has 0 aromatic carbocycles. The number of aryl methyl sites for hydroxylation is 2. The first-order valence-corrected chi connectivity index (χ1v) is 8.70. The Kier molecular flexibility index (Phi) is 4.63. The number of furan rings is 1. The summed E-state index contributed by atoms with van der Waals surface area (Å²) in [5.41, 5.74) is 8.24. The molecule has 3 heterocycles. The predicted octanol–water partition coefficient (Wildman–Crippen LogP) is 3.66. The number of fused-ring (bicyclic) bond motifs is 1. The predicted molar refractivity (Wildman–Crippen MR) is 94.9 cm³/mol. The Labute approximate surface area is 139 Å². The van der Waals surface area contributed by atoms with E-state index in [0.717, 1.165) is 40.5 Å². The van der Waals surface area contributed by atoms with E-state index in [0.29, 0.717) is 6.54 Å². The van der Waals surface area contributed by atoms with E-state index in [9.17, 15) is 0 Å². The summed E-state index contributed by atoms with van der Waals surface area (Å²) < 4.78 is 6.49. The van der Waals surface area contributed by atoms with E-state index >= 15 is 0 Å². The van der Waals surface area contributed by atoms with Gasteiger partial charge in [0.15, 0.2) is 0 Å². The van der Waals surface area contributed by atoms with Gasteiger partial charge in [0.05, 0.1) is 23.0 Å². The van der Waals surface area contributed by atoms with Crippen molar-refractivity contribution < 1.29 is 4.42 Å². The van der Waals surface area contributed by atoms with Gasteiger partial charge in [0.2, 0.25) is 0 Å². The third-order valence-corrected chi connectivity index (χ3v) is 5.05. The van der Waals surface area contributed by atoms with Crippen LogP contribution in [0.3, 0.4) is 0 Å². The Morgan fingerprint density at radius 3 is 2.87 bits per heavy atom. The highest BCUT2D eigenvalue weighted by Crippen LogP contribution is 2.34. The molecule has 0 aliphatic heterocycles. The molecular weight excluding hydrogens is 308 g/mol. The molecule has 3 aromatic heterocycles. The van der Waals surface area contributed by atoms with E-state index < -0.39 is 0 Å². The molecule has 1 unspecified atom stereocenters. The van der Waals surface area contributed by atoms with Gasteiger partial charge in [0.1, 0.15) is 17.4 Å². The number of nitrogens with zero attached hydrogens (tertiary/aromatic N) is 2. The molecule has 0 aliphatic rings. The number of thiophene rings is 1. The molecule has 6 heteroatoms. The molecule has 3 rings (SSSR count). The van der Waals surface area contributed by atoms with Gasteiger partial charge in [0.25, 0.3) is 0 Å². The fraction of sp³-hybridized carbons (Fsp3) is 0.412. The molecule has 0 bridgehead atoms. The van der Waals surface area contributed by atoms with Crippen LogP contribution < -0.4 is 11.1 Å². The Morgan fingerprint density at radius 1 is 1.39 bits per heavy atom. The average molecular weight is 330 g/mol. The van der Waals surface area contributed by atoms with Crippen molar-refractivity contribution in [1.82, 2.24) is 9.97 Å². The molecule has 122 valence electrons. The van der Waals surface area contributed by atoms with Gasteiger partial charge in [-0.2, -0.15) is 0 Å². The highest BCUT2D eigenvalue weighted by Gasteiger charge is 2.16. The van der Waals surface area contributed by atoms with Crippen molar-refractivity contribution in [2.45, 2.75) is 46.2 Å². The zero-order valence-electron chi connectivity index (χ0n) is 13.7. The van der Waals surface area contributed by atoms with Gasteiger partial charge in [-0.1, -0.05) is 6.92 Å². The number of aromatic nitrogens is 2. The third-order valence-electron chi connectivity index (χ3n) is 3.74. The molecule has 23 heavy (non-hydrogen) atoms. The number of hydrogen-bond acceptors (Lipinski definition) is 6. The van der Waals surface area contributed by atoms with E-state index in [1.807, 2.05) is 19.1 Å². The van der Waals surface area contributed by atoms with Crippen LogP contribution in [-0.2, 0) is 19.4 Å². The standard InChI is InChI=1S/C17H22N4OS/c1-4-14-20-15-11(3)13(8-10(2)18)23-16(15)17(21-14)19-9-12-6-5-7-22-12/h5-7,10H,4,8-9,18H2,1-3H3,(H,19,20,21). The van der Waals surface area contributed by atoms with Crippen LogP contribution in [-0.4, -0.2) is 16.0 Å². The lowest BCUT2D eigenvalue weighted by molar-refractivity contribution is 0.518. The molecule has 0 radical (unpaired) electrons. The van der Waals surface area contributed by atoms with E-state index in [-0.39, 0.29) is 6.04 Å². The fourth-order valence-corrected chi connectivity index (χ4v) is 3.88. The molecule has 0 saturated carbocycles. The fourth-order valence-electron chi connectivity index (χ4n) is 2.53. The minimum absolute atomic E-state index is 0.139. The van der Waals surface area contributed by atoms with E-state index in [2.05, 4.69) is 24.1 Å². The van der Waals surface area contributed by atoms with E-state index in [1.165, 1.54) is 10.4 Å². The Hall–Kier alpha value is -1.92. The van der Waals surface area contributed by atoms with Crippen LogP contribution in [0.4, 0.5) is 5.82 Å². The van der Waals surface area contributed by atoms with Gasteiger partial charge in [-0.05, 0) is 38.0 Å². The maximum Gasteiger partial charge on any atom is 0.148 e. The minimum atomic E-state index is 0.139. The maximum atomic E-state index is 5.97. The van der Waals surface area contributed by atoms with Gasteiger partial charge in [0, 0.05) is 17.3 Å². The summed E-state index contributed by atoms with van der Waals surface area (Å²) in [4.78, 5) is 10.7. The molecule has 3 N–H and O–H groups in total. The number of nitrogens with one attached hydrogen (secondary N) is 1. The lowest BCUT2D eigenvalue weighted by atomic mass is 10.1. The molecule has 0 amide bonds. The van der Waals surface area contributed by atoms with Crippen molar-refractivity contribution in [3.63, 3.8) is 0 Å². The van der Waals surface area contributed by atoms with Crippen LogP contribution in [0.25, 0.3) is 10.2 Å². The summed E-state index contributed by atoms with van der Waals surface area (Å²) in [5, 5.41) is 3.39. The zero-order valence-corrected chi connectivity index (χ0v) is 14.5.